The summed E-state index contributed by atoms with van der Waals surface area (Å²) in [4.78, 5) is 16.0. The zero-order valence-electron chi connectivity index (χ0n) is 9.19. The molecule has 0 spiro atoms. The first-order chi connectivity index (χ1) is 7.81. The van der Waals surface area contributed by atoms with Crippen LogP contribution < -0.4 is 10.6 Å². The molecule has 2 rings (SSSR count). The van der Waals surface area contributed by atoms with E-state index in [2.05, 4.69) is 15.6 Å². The number of hydrogen-bond donors (Lipinski definition) is 2. The van der Waals surface area contributed by atoms with E-state index in [0.717, 1.165) is 23.6 Å². The molecule has 1 aliphatic heterocycles. The van der Waals surface area contributed by atoms with Crippen molar-refractivity contribution in [1.82, 2.24) is 10.3 Å². The van der Waals surface area contributed by atoms with Crippen molar-refractivity contribution in [2.75, 3.05) is 23.9 Å². The van der Waals surface area contributed by atoms with Crippen LogP contribution in [0.3, 0.4) is 0 Å². The van der Waals surface area contributed by atoms with Gasteiger partial charge in [0.15, 0.2) is 0 Å². The summed E-state index contributed by atoms with van der Waals surface area (Å²) in [6, 6.07) is 2.11. The number of carbonyl (C=O) groups excluding carboxylic acids is 1. The summed E-state index contributed by atoms with van der Waals surface area (Å²) in [5.41, 5.74) is 1.43. The van der Waals surface area contributed by atoms with E-state index in [9.17, 15) is 4.79 Å². The topological polar surface area (TPSA) is 54.0 Å². The Morgan fingerprint density at radius 1 is 1.62 bits per heavy atom. The first kappa shape index (κ1) is 11.3. The van der Waals surface area contributed by atoms with Crippen LogP contribution in [0.15, 0.2) is 18.5 Å². The Morgan fingerprint density at radius 3 is 3.19 bits per heavy atom. The molecule has 0 aliphatic carbocycles. The molecule has 4 nitrogen and oxygen atoms in total. The summed E-state index contributed by atoms with van der Waals surface area (Å²) in [5, 5.41) is 6.03. The summed E-state index contributed by atoms with van der Waals surface area (Å²) in [6.45, 7) is 0. The van der Waals surface area contributed by atoms with Crippen LogP contribution in [0.1, 0.15) is 16.8 Å². The first-order valence-electron chi connectivity index (χ1n) is 5.31. The van der Waals surface area contributed by atoms with Crippen molar-refractivity contribution in [1.29, 1.82) is 0 Å². The summed E-state index contributed by atoms with van der Waals surface area (Å²) in [6.07, 6.45) is 4.34. The maximum atomic E-state index is 12.0. The van der Waals surface area contributed by atoms with Crippen molar-refractivity contribution in [3.63, 3.8) is 0 Å². The zero-order chi connectivity index (χ0) is 11.4. The lowest BCUT2D eigenvalue weighted by Gasteiger charge is -2.13. The van der Waals surface area contributed by atoms with Crippen molar-refractivity contribution in [2.24, 2.45) is 0 Å². The molecular formula is C11H15N3OS. The lowest BCUT2D eigenvalue weighted by atomic mass is 10.2. The molecule has 1 aromatic heterocycles. The second kappa shape index (κ2) is 5.21. The molecule has 2 heterocycles. The molecular weight excluding hydrogens is 222 g/mol. The van der Waals surface area contributed by atoms with Crippen molar-refractivity contribution >= 4 is 23.4 Å². The Labute approximate surface area is 99.2 Å². The lowest BCUT2D eigenvalue weighted by Crippen LogP contribution is -2.35. The molecule has 1 amide bonds. The molecule has 5 heteroatoms. The monoisotopic (exact) mass is 237 g/mol. The van der Waals surface area contributed by atoms with Crippen molar-refractivity contribution < 1.29 is 4.79 Å². The van der Waals surface area contributed by atoms with Crippen LogP contribution in [-0.2, 0) is 0 Å². The van der Waals surface area contributed by atoms with E-state index in [4.69, 9.17) is 0 Å². The molecule has 1 unspecified atom stereocenters. The van der Waals surface area contributed by atoms with Gasteiger partial charge in [-0.25, -0.2) is 0 Å². The van der Waals surface area contributed by atoms with Gasteiger partial charge >= 0.3 is 0 Å². The highest BCUT2D eigenvalue weighted by Gasteiger charge is 2.19. The quantitative estimate of drug-likeness (QED) is 0.833. The van der Waals surface area contributed by atoms with Crippen LogP contribution in [0.2, 0.25) is 0 Å². The Balaban J connectivity index is 2.07. The van der Waals surface area contributed by atoms with Gasteiger partial charge in [-0.15, -0.1) is 0 Å². The van der Waals surface area contributed by atoms with Crippen LogP contribution in [0.4, 0.5) is 5.69 Å². The molecule has 1 saturated heterocycles. The summed E-state index contributed by atoms with van der Waals surface area (Å²) in [5.74, 6) is 2.11. The Kier molecular flexibility index (Phi) is 3.66. The second-order valence-corrected chi connectivity index (χ2v) is 4.86. The number of pyridine rings is 1. The number of rotatable bonds is 3. The molecule has 1 aromatic rings. The number of aromatic nitrogens is 1. The van der Waals surface area contributed by atoms with Crippen LogP contribution in [0, 0.1) is 0 Å². The van der Waals surface area contributed by atoms with Crippen LogP contribution in [0.5, 0.6) is 0 Å². The third-order valence-corrected chi connectivity index (χ3v) is 3.76. The Hall–Kier alpha value is -1.23. The molecule has 0 aromatic carbocycles. The minimum absolute atomic E-state index is 0.0371. The molecule has 2 N–H and O–H groups in total. The maximum Gasteiger partial charge on any atom is 0.255 e. The highest BCUT2D eigenvalue weighted by atomic mass is 32.2. The molecule has 1 aliphatic rings. The van der Waals surface area contributed by atoms with Gasteiger partial charge in [0.25, 0.3) is 5.91 Å². The Morgan fingerprint density at radius 2 is 2.50 bits per heavy atom. The summed E-state index contributed by atoms with van der Waals surface area (Å²) >= 11 is 1.88. The van der Waals surface area contributed by atoms with Crippen molar-refractivity contribution in [3.8, 4) is 0 Å². The third-order valence-electron chi connectivity index (χ3n) is 2.60. The number of nitrogens with one attached hydrogen (secondary N) is 2. The first-order valence-corrected chi connectivity index (χ1v) is 6.47. The van der Waals surface area contributed by atoms with E-state index in [0.29, 0.717) is 11.6 Å². The van der Waals surface area contributed by atoms with Crippen molar-refractivity contribution in [3.05, 3.63) is 24.0 Å². The smallest absolute Gasteiger partial charge is 0.255 e. The SMILES string of the molecule is CNc1ccncc1C(=O)NC1CCSC1. The van der Waals surface area contributed by atoms with Gasteiger partial charge < -0.3 is 10.6 Å². The van der Waals surface area contributed by atoms with E-state index in [1.54, 1.807) is 25.5 Å². The third kappa shape index (κ3) is 2.47. The fraction of sp³-hybridized carbons (Fsp3) is 0.455. The molecule has 1 atom stereocenters. The van der Waals surface area contributed by atoms with E-state index < -0.39 is 0 Å². The zero-order valence-corrected chi connectivity index (χ0v) is 10.0. The molecule has 86 valence electrons. The average Bonchev–Trinajstić information content (AvgIpc) is 2.81. The van der Waals surface area contributed by atoms with Gasteiger partial charge in [0.1, 0.15) is 0 Å². The molecule has 16 heavy (non-hydrogen) atoms. The Bertz CT molecular complexity index is 377. The number of carbonyl (C=O) groups is 1. The van der Waals surface area contributed by atoms with Gasteiger partial charge in [0.2, 0.25) is 0 Å². The average molecular weight is 237 g/mol. The van der Waals surface area contributed by atoms with E-state index in [-0.39, 0.29) is 5.91 Å². The van der Waals surface area contributed by atoms with E-state index in [1.807, 2.05) is 11.8 Å². The van der Waals surface area contributed by atoms with Gasteiger partial charge in [-0.2, -0.15) is 11.8 Å². The number of anilines is 1. The number of hydrogen-bond acceptors (Lipinski definition) is 4. The van der Waals surface area contributed by atoms with Gasteiger partial charge in [-0.3, -0.25) is 9.78 Å². The largest absolute Gasteiger partial charge is 0.387 e. The number of thioether (sulfide) groups is 1. The number of nitrogens with zero attached hydrogens (tertiary/aromatic N) is 1. The molecule has 1 fully saturated rings. The normalized spacial score (nSPS) is 19.4. The maximum absolute atomic E-state index is 12.0. The molecule has 0 saturated carbocycles. The fourth-order valence-electron chi connectivity index (χ4n) is 1.70. The minimum atomic E-state index is -0.0371. The second-order valence-electron chi connectivity index (χ2n) is 3.71. The van der Waals surface area contributed by atoms with E-state index in [1.165, 1.54) is 0 Å². The number of amides is 1. The van der Waals surface area contributed by atoms with E-state index >= 15 is 0 Å². The summed E-state index contributed by atoms with van der Waals surface area (Å²) < 4.78 is 0. The van der Waals surface area contributed by atoms with Crippen LogP contribution in [0.25, 0.3) is 0 Å². The van der Waals surface area contributed by atoms with Gasteiger partial charge in [-0.05, 0) is 18.2 Å². The van der Waals surface area contributed by atoms with Crippen molar-refractivity contribution in [2.45, 2.75) is 12.5 Å². The van der Waals surface area contributed by atoms with Crippen LogP contribution in [-0.4, -0.2) is 35.5 Å². The highest BCUT2D eigenvalue weighted by molar-refractivity contribution is 7.99. The fourth-order valence-corrected chi connectivity index (χ4v) is 2.86. The minimum Gasteiger partial charge on any atom is -0.387 e. The predicted molar refractivity (Wildman–Crippen MR) is 67.0 cm³/mol. The highest BCUT2D eigenvalue weighted by Crippen LogP contribution is 2.18. The van der Waals surface area contributed by atoms with Gasteiger partial charge in [-0.1, -0.05) is 0 Å². The van der Waals surface area contributed by atoms with Crippen LogP contribution >= 0.6 is 11.8 Å². The van der Waals surface area contributed by atoms with Gasteiger partial charge in [0, 0.05) is 36.9 Å². The van der Waals surface area contributed by atoms with Gasteiger partial charge in [0.05, 0.1) is 5.56 Å². The standard InChI is InChI=1S/C11H15N3OS/c1-12-10-2-4-13-6-9(10)11(15)14-8-3-5-16-7-8/h2,4,6,8H,3,5,7H2,1H3,(H,12,13)(H,14,15). The summed E-state index contributed by atoms with van der Waals surface area (Å²) in [7, 11) is 1.80. The molecule has 0 bridgehead atoms. The predicted octanol–water partition coefficient (Wildman–Crippen LogP) is 1.36. The lowest BCUT2D eigenvalue weighted by molar-refractivity contribution is 0.0941. The molecule has 0 radical (unpaired) electrons.